The van der Waals surface area contributed by atoms with Crippen molar-refractivity contribution in [1.29, 1.82) is 0 Å². The average Bonchev–Trinajstić information content (AvgIpc) is 2.09. The van der Waals surface area contributed by atoms with Gasteiger partial charge >= 0.3 is 0 Å². The molecule has 0 aliphatic heterocycles. The molecule has 1 aromatic heterocycles. The molecule has 1 rings (SSSR count). The van der Waals surface area contributed by atoms with Gasteiger partial charge in [-0.15, -0.1) is 0 Å². The quantitative estimate of drug-likeness (QED) is 0.846. The molecule has 0 unspecified atom stereocenters. The highest BCUT2D eigenvalue weighted by molar-refractivity contribution is 9.10. The van der Waals surface area contributed by atoms with Crippen LogP contribution in [0.2, 0.25) is 0 Å². The van der Waals surface area contributed by atoms with E-state index in [4.69, 9.17) is 5.11 Å². The topological polar surface area (TPSA) is 58.0 Å². The van der Waals surface area contributed by atoms with Crippen molar-refractivity contribution in [3.05, 3.63) is 17.0 Å². The monoisotopic (exact) mass is 245 g/mol. The molecule has 0 amide bonds. The molecule has 0 aromatic carbocycles. The van der Waals surface area contributed by atoms with Gasteiger partial charge in [-0.05, 0) is 29.8 Å². The lowest BCUT2D eigenvalue weighted by Crippen LogP contribution is -2.35. The fraction of sp³-hybridized carbons (Fsp3) is 0.500. The molecule has 13 heavy (non-hydrogen) atoms. The van der Waals surface area contributed by atoms with Crippen LogP contribution in [0.5, 0.6) is 0 Å². The molecule has 0 aliphatic rings. The summed E-state index contributed by atoms with van der Waals surface area (Å²) in [5.74, 6) is 0.655. The van der Waals surface area contributed by atoms with Crippen LogP contribution in [0.25, 0.3) is 0 Å². The Bertz CT molecular complexity index is 273. The maximum absolute atomic E-state index is 8.99. The molecular formula is C8H12BrN3O. The normalized spacial score (nSPS) is 11.4. The van der Waals surface area contributed by atoms with Crippen LogP contribution in [0.1, 0.15) is 13.8 Å². The minimum atomic E-state index is -0.373. The molecule has 72 valence electrons. The van der Waals surface area contributed by atoms with Crippen molar-refractivity contribution >= 4 is 21.7 Å². The van der Waals surface area contributed by atoms with Gasteiger partial charge in [0.2, 0.25) is 0 Å². The van der Waals surface area contributed by atoms with Gasteiger partial charge in [-0.1, -0.05) is 0 Å². The van der Waals surface area contributed by atoms with Gasteiger partial charge < -0.3 is 10.4 Å². The fourth-order valence-corrected chi connectivity index (χ4v) is 0.968. The summed E-state index contributed by atoms with van der Waals surface area (Å²) in [4.78, 5) is 8.09. The number of rotatable bonds is 3. The maximum atomic E-state index is 8.99. The number of halogens is 1. The van der Waals surface area contributed by atoms with Crippen LogP contribution in [-0.2, 0) is 0 Å². The molecule has 2 N–H and O–H groups in total. The summed E-state index contributed by atoms with van der Waals surface area (Å²) < 4.78 is 0.694. The van der Waals surface area contributed by atoms with Crippen molar-refractivity contribution in [2.75, 3.05) is 11.9 Å². The first-order valence-electron chi connectivity index (χ1n) is 3.90. The number of nitrogens with zero attached hydrogens (tertiary/aromatic N) is 2. The van der Waals surface area contributed by atoms with Gasteiger partial charge in [0.15, 0.2) is 0 Å². The van der Waals surface area contributed by atoms with E-state index in [1.165, 1.54) is 0 Å². The molecule has 4 nitrogen and oxygen atoms in total. The highest BCUT2D eigenvalue weighted by atomic mass is 79.9. The van der Waals surface area contributed by atoms with E-state index in [1.54, 1.807) is 12.4 Å². The summed E-state index contributed by atoms with van der Waals surface area (Å²) in [5, 5.41) is 12.0. The zero-order valence-electron chi connectivity index (χ0n) is 7.58. The van der Waals surface area contributed by atoms with Gasteiger partial charge in [0.1, 0.15) is 10.4 Å². The standard InChI is InChI=1S/C8H12BrN3O/c1-8(2,5-13)12-7-4-10-6(9)3-11-7/h3-4,13H,5H2,1-2H3,(H,11,12). The summed E-state index contributed by atoms with van der Waals surface area (Å²) in [7, 11) is 0. The van der Waals surface area contributed by atoms with E-state index < -0.39 is 0 Å². The number of hydrogen-bond acceptors (Lipinski definition) is 4. The summed E-state index contributed by atoms with van der Waals surface area (Å²) in [6, 6.07) is 0. The van der Waals surface area contributed by atoms with Gasteiger partial charge in [-0.2, -0.15) is 0 Å². The average molecular weight is 246 g/mol. The Labute approximate surface area is 85.5 Å². The summed E-state index contributed by atoms with van der Waals surface area (Å²) in [6.45, 7) is 3.82. The fourth-order valence-electron chi connectivity index (χ4n) is 0.763. The Balaban J connectivity index is 2.69. The van der Waals surface area contributed by atoms with E-state index >= 15 is 0 Å². The maximum Gasteiger partial charge on any atom is 0.145 e. The molecule has 0 fully saturated rings. The molecule has 0 radical (unpaired) electrons. The minimum Gasteiger partial charge on any atom is -0.394 e. The highest BCUT2D eigenvalue weighted by Crippen LogP contribution is 2.12. The van der Waals surface area contributed by atoms with Crippen molar-refractivity contribution in [2.45, 2.75) is 19.4 Å². The lowest BCUT2D eigenvalue weighted by molar-refractivity contribution is 0.234. The van der Waals surface area contributed by atoms with Crippen LogP contribution in [0.4, 0.5) is 5.82 Å². The van der Waals surface area contributed by atoms with Gasteiger partial charge in [-0.25, -0.2) is 9.97 Å². The number of aliphatic hydroxyl groups is 1. The van der Waals surface area contributed by atoms with Crippen molar-refractivity contribution in [3.63, 3.8) is 0 Å². The smallest absolute Gasteiger partial charge is 0.145 e. The van der Waals surface area contributed by atoms with Gasteiger partial charge in [-0.3, -0.25) is 0 Å². The zero-order chi connectivity index (χ0) is 9.90. The summed E-state index contributed by atoms with van der Waals surface area (Å²) in [6.07, 6.45) is 3.22. The Morgan fingerprint density at radius 1 is 1.46 bits per heavy atom. The van der Waals surface area contributed by atoms with E-state index in [0.29, 0.717) is 10.4 Å². The van der Waals surface area contributed by atoms with E-state index in [9.17, 15) is 0 Å². The number of anilines is 1. The molecule has 1 aromatic rings. The number of nitrogens with one attached hydrogen (secondary N) is 1. The molecule has 0 aliphatic carbocycles. The SMILES string of the molecule is CC(C)(CO)Nc1cnc(Br)cn1. The van der Waals surface area contributed by atoms with E-state index in [-0.39, 0.29) is 12.1 Å². The molecular weight excluding hydrogens is 234 g/mol. The molecule has 0 atom stereocenters. The molecule has 0 saturated carbocycles. The van der Waals surface area contributed by atoms with Crippen LogP contribution >= 0.6 is 15.9 Å². The van der Waals surface area contributed by atoms with Crippen LogP contribution < -0.4 is 5.32 Å². The number of aromatic nitrogens is 2. The minimum absolute atomic E-state index is 0.0464. The Morgan fingerprint density at radius 2 is 2.15 bits per heavy atom. The molecule has 5 heteroatoms. The van der Waals surface area contributed by atoms with Crippen LogP contribution in [-0.4, -0.2) is 27.2 Å². The van der Waals surface area contributed by atoms with Crippen LogP contribution in [0.3, 0.4) is 0 Å². The van der Waals surface area contributed by atoms with E-state index in [1.807, 2.05) is 13.8 Å². The van der Waals surface area contributed by atoms with E-state index in [0.717, 1.165) is 0 Å². The van der Waals surface area contributed by atoms with Crippen LogP contribution in [0, 0.1) is 0 Å². The summed E-state index contributed by atoms with van der Waals surface area (Å²) >= 11 is 3.19. The Morgan fingerprint density at radius 3 is 2.62 bits per heavy atom. The van der Waals surface area contributed by atoms with Crippen molar-refractivity contribution in [3.8, 4) is 0 Å². The second kappa shape index (κ2) is 4.02. The third-order valence-electron chi connectivity index (χ3n) is 1.48. The zero-order valence-corrected chi connectivity index (χ0v) is 9.17. The molecule has 0 saturated heterocycles. The predicted molar refractivity (Wildman–Crippen MR) is 54.5 cm³/mol. The van der Waals surface area contributed by atoms with Crippen molar-refractivity contribution in [1.82, 2.24) is 9.97 Å². The highest BCUT2D eigenvalue weighted by Gasteiger charge is 2.15. The second-order valence-electron chi connectivity index (χ2n) is 3.39. The summed E-state index contributed by atoms with van der Waals surface area (Å²) in [5.41, 5.74) is -0.373. The molecule has 1 heterocycles. The van der Waals surface area contributed by atoms with E-state index in [2.05, 4.69) is 31.2 Å². The molecule has 0 bridgehead atoms. The lowest BCUT2D eigenvalue weighted by Gasteiger charge is -2.23. The van der Waals surface area contributed by atoms with Gasteiger partial charge in [0, 0.05) is 0 Å². The third kappa shape index (κ3) is 3.28. The third-order valence-corrected chi connectivity index (χ3v) is 1.89. The molecule has 0 spiro atoms. The lowest BCUT2D eigenvalue weighted by atomic mass is 10.1. The number of hydrogen-bond donors (Lipinski definition) is 2. The second-order valence-corrected chi connectivity index (χ2v) is 4.20. The van der Waals surface area contributed by atoms with Crippen molar-refractivity contribution < 1.29 is 5.11 Å². The van der Waals surface area contributed by atoms with Gasteiger partial charge in [0.05, 0.1) is 24.5 Å². The first kappa shape index (κ1) is 10.4. The first-order valence-corrected chi connectivity index (χ1v) is 4.69. The largest absolute Gasteiger partial charge is 0.394 e. The van der Waals surface area contributed by atoms with Gasteiger partial charge in [0.25, 0.3) is 0 Å². The Hall–Kier alpha value is -0.680. The predicted octanol–water partition coefficient (Wildman–Crippen LogP) is 1.42. The van der Waals surface area contributed by atoms with Crippen molar-refractivity contribution in [2.24, 2.45) is 0 Å². The Kier molecular flexibility index (Phi) is 3.22. The number of aliphatic hydroxyl groups excluding tert-OH is 1. The van der Waals surface area contributed by atoms with Crippen LogP contribution in [0.15, 0.2) is 17.0 Å². The first-order chi connectivity index (χ1) is 6.03.